The van der Waals surface area contributed by atoms with Crippen LogP contribution in [0.1, 0.15) is 25.3 Å². The molecule has 0 aliphatic carbocycles. The number of phenolic OH excluding ortho intramolecular Hbond substituents is 1. The average Bonchev–Trinajstić information content (AvgIpc) is 2.50. The first kappa shape index (κ1) is 14.4. The van der Waals surface area contributed by atoms with Crippen LogP contribution in [0, 0.1) is 5.41 Å². The van der Waals surface area contributed by atoms with Gasteiger partial charge in [0.05, 0.1) is 0 Å². The maximum Gasteiger partial charge on any atom is 0.120 e. The number of rotatable bonds is 4. The van der Waals surface area contributed by atoms with Gasteiger partial charge in [0.15, 0.2) is 0 Å². The molecule has 0 amide bonds. The quantitative estimate of drug-likeness (QED) is 0.904. The van der Waals surface area contributed by atoms with Gasteiger partial charge in [-0.2, -0.15) is 0 Å². The first-order valence-electron chi connectivity index (χ1n) is 7.66. The average molecular weight is 285 g/mol. The molecule has 0 atom stereocenters. The first-order chi connectivity index (χ1) is 10.2. The van der Waals surface area contributed by atoms with Crippen LogP contribution < -0.4 is 5.32 Å². The fourth-order valence-corrected chi connectivity index (χ4v) is 3.04. The third-order valence-electron chi connectivity index (χ3n) is 4.57. The Morgan fingerprint density at radius 1 is 1.14 bits per heavy atom. The van der Waals surface area contributed by atoms with Gasteiger partial charge in [-0.25, -0.2) is 0 Å². The number of fused-ring (bicyclic) bond motifs is 1. The van der Waals surface area contributed by atoms with Crippen LogP contribution in [0.5, 0.6) is 5.75 Å². The summed E-state index contributed by atoms with van der Waals surface area (Å²) in [4.78, 5) is 0. The van der Waals surface area contributed by atoms with E-state index < -0.39 is 0 Å². The Labute approximate surface area is 125 Å². The Morgan fingerprint density at radius 3 is 2.71 bits per heavy atom. The number of benzene rings is 2. The van der Waals surface area contributed by atoms with Crippen molar-refractivity contribution in [1.82, 2.24) is 5.32 Å². The summed E-state index contributed by atoms with van der Waals surface area (Å²) in [7, 11) is 0. The Hall–Kier alpha value is -1.58. The molecule has 0 aromatic heterocycles. The van der Waals surface area contributed by atoms with Crippen molar-refractivity contribution in [3.05, 3.63) is 42.0 Å². The van der Waals surface area contributed by atoms with E-state index in [-0.39, 0.29) is 0 Å². The Kier molecular flexibility index (Phi) is 4.13. The molecule has 1 heterocycles. The van der Waals surface area contributed by atoms with Crippen LogP contribution in [0.4, 0.5) is 0 Å². The molecule has 2 aromatic rings. The van der Waals surface area contributed by atoms with Gasteiger partial charge in [-0.05, 0) is 35.1 Å². The molecule has 1 aliphatic heterocycles. The highest BCUT2D eigenvalue weighted by molar-refractivity contribution is 5.87. The molecule has 1 aliphatic rings. The van der Waals surface area contributed by atoms with Crippen LogP contribution >= 0.6 is 0 Å². The topological polar surface area (TPSA) is 41.5 Å². The summed E-state index contributed by atoms with van der Waals surface area (Å²) in [6, 6.07) is 12.0. The van der Waals surface area contributed by atoms with Crippen molar-refractivity contribution < 1.29 is 9.84 Å². The van der Waals surface area contributed by atoms with Gasteiger partial charge in [-0.3, -0.25) is 0 Å². The molecule has 3 nitrogen and oxygen atoms in total. The Balaban J connectivity index is 1.72. The van der Waals surface area contributed by atoms with Crippen LogP contribution in [0.3, 0.4) is 0 Å². The van der Waals surface area contributed by atoms with Crippen molar-refractivity contribution in [2.45, 2.75) is 26.3 Å². The monoisotopic (exact) mass is 285 g/mol. The zero-order valence-electron chi connectivity index (χ0n) is 12.6. The van der Waals surface area contributed by atoms with Crippen molar-refractivity contribution in [3.8, 4) is 5.75 Å². The van der Waals surface area contributed by atoms with Crippen molar-refractivity contribution in [2.24, 2.45) is 5.41 Å². The van der Waals surface area contributed by atoms with Crippen LogP contribution in [0.15, 0.2) is 36.4 Å². The van der Waals surface area contributed by atoms with E-state index in [9.17, 15) is 5.11 Å². The highest BCUT2D eigenvalue weighted by Gasteiger charge is 2.26. The summed E-state index contributed by atoms with van der Waals surface area (Å²) < 4.78 is 5.44. The smallest absolute Gasteiger partial charge is 0.120 e. The summed E-state index contributed by atoms with van der Waals surface area (Å²) in [5, 5.41) is 16.0. The molecule has 1 fully saturated rings. The third kappa shape index (κ3) is 3.20. The molecular formula is C18H23NO2. The SMILES string of the molecule is CC1(CNCc2c(O)ccc3ccccc23)CCOCC1. The highest BCUT2D eigenvalue weighted by Crippen LogP contribution is 2.30. The molecule has 2 N–H and O–H groups in total. The van der Waals surface area contributed by atoms with E-state index in [0.717, 1.165) is 43.5 Å². The van der Waals surface area contributed by atoms with E-state index in [2.05, 4.69) is 24.4 Å². The minimum Gasteiger partial charge on any atom is -0.508 e. The van der Waals surface area contributed by atoms with Crippen LogP contribution in [0.25, 0.3) is 10.8 Å². The van der Waals surface area contributed by atoms with Crippen molar-refractivity contribution in [2.75, 3.05) is 19.8 Å². The second-order valence-electron chi connectivity index (χ2n) is 6.31. The van der Waals surface area contributed by atoms with Crippen molar-refractivity contribution in [1.29, 1.82) is 0 Å². The van der Waals surface area contributed by atoms with Crippen molar-refractivity contribution >= 4 is 10.8 Å². The van der Waals surface area contributed by atoms with Crippen LogP contribution in [-0.2, 0) is 11.3 Å². The summed E-state index contributed by atoms with van der Waals surface area (Å²) in [6.07, 6.45) is 2.20. The molecule has 21 heavy (non-hydrogen) atoms. The fraction of sp³-hybridized carbons (Fsp3) is 0.444. The Morgan fingerprint density at radius 2 is 1.90 bits per heavy atom. The van der Waals surface area contributed by atoms with E-state index in [0.29, 0.717) is 17.7 Å². The minimum atomic E-state index is 0.304. The summed E-state index contributed by atoms with van der Waals surface area (Å²) >= 11 is 0. The molecule has 0 saturated carbocycles. The van der Waals surface area contributed by atoms with Gasteiger partial charge in [0.2, 0.25) is 0 Å². The van der Waals surface area contributed by atoms with Crippen LogP contribution in [-0.4, -0.2) is 24.9 Å². The third-order valence-corrected chi connectivity index (χ3v) is 4.57. The van der Waals surface area contributed by atoms with Crippen LogP contribution in [0.2, 0.25) is 0 Å². The van der Waals surface area contributed by atoms with Gasteiger partial charge in [0, 0.05) is 31.9 Å². The maximum atomic E-state index is 10.1. The molecule has 0 radical (unpaired) electrons. The summed E-state index contributed by atoms with van der Waals surface area (Å²) in [5.74, 6) is 0.373. The maximum absolute atomic E-state index is 10.1. The number of hydrogen-bond donors (Lipinski definition) is 2. The predicted octanol–water partition coefficient (Wildman–Crippen LogP) is 3.45. The number of phenols is 1. The summed E-state index contributed by atoms with van der Waals surface area (Å²) in [5.41, 5.74) is 1.29. The lowest BCUT2D eigenvalue weighted by Crippen LogP contribution is -2.36. The van der Waals surface area contributed by atoms with Gasteiger partial charge in [0.25, 0.3) is 0 Å². The van der Waals surface area contributed by atoms with Gasteiger partial charge < -0.3 is 15.2 Å². The lowest BCUT2D eigenvalue weighted by molar-refractivity contribution is 0.0240. The standard InChI is InChI=1S/C18H23NO2/c1-18(8-10-21-11-9-18)13-19-12-16-15-5-3-2-4-14(15)6-7-17(16)20/h2-7,19-20H,8-13H2,1H3. The molecule has 112 valence electrons. The second-order valence-corrected chi connectivity index (χ2v) is 6.31. The number of ether oxygens (including phenoxy) is 1. The normalized spacial score (nSPS) is 18.0. The Bertz CT molecular complexity index is 618. The molecule has 3 heteroatoms. The van der Waals surface area contributed by atoms with E-state index in [1.807, 2.05) is 18.2 Å². The lowest BCUT2D eigenvalue weighted by Gasteiger charge is -2.33. The highest BCUT2D eigenvalue weighted by atomic mass is 16.5. The largest absolute Gasteiger partial charge is 0.508 e. The van der Waals surface area contributed by atoms with Gasteiger partial charge in [-0.1, -0.05) is 37.3 Å². The van der Waals surface area contributed by atoms with E-state index in [1.165, 1.54) is 5.39 Å². The zero-order valence-corrected chi connectivity index (χ0v) is 12.6. The van der Waals surface area contributed by atoms with Gasteiger partial charge in [-0.15, -0.1) is 0 Å². The number of nitrogens with one attached hydrogen (secondary N) is 1. The predicted molar refractivity (Wildman–Crippen MR) is 85.5 cm³/mol. The number of hydrogen-bond acceptors (Lipinski definition) is 3. The number of aromatic hydroxyl groups is 1. The van der Waals surface area contributed by atoms with Gasteiger partial charge >= 0.3 is 0 Å². The molecule has 3 rings (SSSR count). The lowest BCUT2D eigenvalue weighted by atomic mass is 9.82. The van der Waals surface area contributed by atoms with E-state index in [4.69, 9.17) is 4.74 Å². The molecule has 0 unspecified atom stereocenters. The minimum absolute atomic E-state index is 0.304. The summed E-state index contributed by atoms with van der Waals surface area (Å²) in [6.45, 7) is 5.68. The molecule has 0 bridgehead atoms. The van der Waals surface area contributed by atoms with Gasteiger partial charge in [0.1, 0.15) is 5.75 Å². The molecule has 1 saturated heterocycles. The van der Waals surface area contributed by atoms with E-state index in [1.54, 1.807) is 6.07 Å². The molecular weight excluding hydrogens is 262 g/mol. The van der Waals surface area contributed by atoms with Crippen molar-refractivity contribution in [3.63, 3.8) is 0 Å². The molecule has 2 aromatic carbocycles. The zero-order chi connectivity index (χ0) is 14.7. The first-order valence-corrected chi connectivity index (χ1v) is 7.66. The second kappa shape index (κ2) is 6.04. The van der Waals surface area contributed by atoms with E-state index >= 15 is 0 Å². The fourth-order valence-electron chi connectivity index (χ4n) is 3.04. The molecule has 0 spiro atoms.